The van der Waals surface area contributed by atoms with Gasteiger partial charge in [-0.2, -0.15) is 0 Å². The van der Waals surface area contributed by atoms with Crippen LogP contribution in [0.5, 0.6) is 0 Å². The summed E-state index contributed by atoms with van der Waals surface area (Å²) < 4.78 is 0. The maximum atomic E-state index is 6.19. The number of unbranched alkanes of at least 4 members (excludes halogenated alkanes) is 3. The molecule has 0 spiro atoms. The third-order valence-corrected chi connectivity index (χ3v) is 7.34. The summed E-state index contributed by atoms with van der Waals surface area (Å²) in [4.78, 5) is 10.3. The zero-order chi connectivity index (χ0) is 17.5. The predicted octanol–water partition coefficient (Wildman–Crippen LogP) is 6.71. The van der Waals surface area contributed by atoms with Crippen molar-refractivity contribution in [3.8, 4) is 9.75 Å². The van der Waals surface area contributed by atoms with Crippen molar-refractivity contribution in [2.75, 3.05) is 0 Å². The van der Waals surface area contributed by atoms with E-state index in [4.69, 9.17) is 10.7 Å². The van der Waals surface area contributed by atoms with Gasteiger partial charge in [0, 0.05) is 31.8 Å². The molecule has 0 aromatic carbocycles. The number of rotatable bonds is 8. The van der Waals surface area contributed by atoms with E-state index < -0.39 is 0 Å². The molecule has 1 saturated carbocycles. The molecule has 1 aliphatic carbocycles. The van der Waals surface area contributed by atoms with Crippen molar-refractivity contribution >= 4 is 41.3 Å². The Hall–Kier alpha value is -0.680. The monoisotopic (exact) mass is 410 g/mol. The van der Waals surface area contributed by atoms with Crippen molar-refractivity contribution in [2.45, 2.75) is 76.8 Å². The molecule has 26 heavy (non-hydrogen) atoms. The van der Waals surface area contributed by atoms with Gasteiger partial charge in [0.15, 0.2) is 0 Å². The van der Waals surface area contributed by atoms with E-state index in [1.807, 2.05) is 28.9 Å². The summed E-state index contributed by atoms with van der Waals surface area (Å²) in [5, 5.41) is 0. The van der Waals surface area contributed by atoms with Gasteiger partial charge in [-0.3, -0.25) is 4.99 Å². The van der Waals surface area contributed by atoms with Crippen LogP contribution in [0.25, 0.3) is 9.75 Å². The molecule has 0 aliphatic heterocycles. The number of nitrogens with two attached hydrogens (primary N) is 1. The lowest BCUT2D eigenvalue weighted by Gasteiger charge is -2.24. The maximum Gasteiger partial charge on any atom is 0.0651 e. The van der Waals surface area contributed by atoms with Crippen LogP contribution < -0.4 is 5.73 Å². The van der Waals surface area contributed by atoms with E-state index in [1.54, 1.807) is 0 Å². The Kier molecular flexibility index (Phi) is 9.34. The van der Waals surface area contributed by atoms with Crippen LogP contribution in [0.2, 0.25) is 0 Å². The molecule has 1 aliphatic rings. The first-order chi connectivity index (χ1) is 12.3. The average molecular weight is 411 g/mol. The summed E-state index contributed by atoms with van der Waals surface area (Å²) in [7, 11) is 0. The smallest absolute Gasteiger partial charge is 0.0651 e. The Morgan fingerprint density at radius 2 is 1.81 bits per heavy atom. The predicted molar refractivity (Wildman–Crippen MR) is 121 cm³/mol. The zero-order valence-electron chi connectivity index (χ0n) is 15.7. The average Bonchev–Trinajstić information content (AvgIpc) is 3.27. The zero-order valence-corrected chi connectivity index (χ0v) is 18.1. The lowest BCUT2D eigenvalue weighted by molar-refractivity contribution is 0.387. The SMILES string of the molecule is CCCCCCc1ccc(-c2ccc(C=N[C@@H]3CCCC[C@H]3N)s2)s1.Cl. The van der Waals surface area contributed by atoms with Gasteiger partial charge in [0.25, 0.3) is 0 Å². The van der Waals surface area contributed by atoms with Crippen molar-refractivity contribution in [1.82, 2.24) is 0 Å². The molecule has 2 N–H and O–H groups in total. The normalized spacial score (nSPS) is 20.4. The molecule has 5 heteroatoms. The Bertz CT molecular complexity index is 677. The quantitative estimate of drug-likeness (QED) is 0.381. The van der Waals surface area contributed by atoms with Gasteiger partial charge in [0.2, 0.25) is 0 Å². The highest BCUT2D eigenvalue weighted by Crippen LogP contribution is 2.34. The summed E-state index contributed by atoms with van der Waals surface area (Å²) in [6, 6.07) is 9.58. The van der Waals surface area contributed by atoms with Crippen LogP contribution in [0, 0.1) is 0 Å². The minimum Gasteiger partial charge on any atom is -0.326 e. The van der Waals surface area contributed by atoms with Crippen LogP contribution in [0.15, 0.2) is 29.3 Å². The molecule has 144 valence electrons. The molecule has 0 unspecified atom stereocenters. The minimum atomic E-state index is 0. The molecule has 1 fully saturated rings. The van der Waals surface area contributed by atoms with Crippen molar-refractivity contribution < 1.29 is 0 Å². The number of hydrogen-bond acceptors (Lipinski definition) is 4. The maximum absolute atomic E-state index is 6.19. The van der Waals surface area contributed by atoms with E-state index in [2.05, 4.69) is 31.2 Å². The molecule has 3 rings (SSSR count). The molecule has 2 atom stereocenters. The van der Waals surface area contributed by atoms with E-state index in [9.17, 15) is 0 Å². The minimum absolute atomic E-state index is 0. The van der Waals surface area contributed by atoms with Crippen LogP contribution >= 0.6 is 35.1 Å². The van der Waals surface area contributed by atoms with E-state index in [0.29, 0.717) is 6.04 Å². The second kappa shape index (κ2) is 11.2. The van der Waals surface area contributed by atoms with Crippen molar-refractivity contribution in [2.24, 2.45) is 10.7 Å². The van der Waals surface area contributed by atoms with Gasteiger partial charge in [-0.25, -0.2) is 0 Å². The third kappa shape index (κ3) is 6.19. The molecular weight excluding hydrogens is 380 g/mol. The number of aliphatic imine (C=N–C) groups is 1. The summed E-state index contributed by atoms with van der Waals surface area (Å²) >= 11 is 3.79. The fourth-order valence-electron chi connectivity index (χ4n) is 3.42. The molecule has 2 heterocycles. The number of hydrogen-bond donors (Lipinski definition) is 1. The van der Waals surface area contributed by atoms with E-state index in [-0.39, 0.29) is 18.4 Å². The van der Waals surface area contributed by atoms with Gasteiger partial charge < -0.3 is 5.73 Å². The summed E-state index contributed by atoms with van der Waals surface area (Å²) in [5.41, 5.74) is 6.19. The van der Waals surface area contributed by atoms with Crippen molar-refractivity contribution in [3.63, 3.8) is 0 Å². The highest BCUT2D eigenvalue weighted by Gasteiger charge is 2.20. The molecule has 0 saturated heterocycles. The highest BCUT2D eigenvalue weighted by molar-refractivity contribution is 7.22. The highest BCUT2D eigenvalue weighted by atomic mass is 35.5. The molecule has 2 nitrogen and oxygen atoms in total. The molecular formula is C21H31ClN2S2. The molecule has 0 radical (unpaired) electrons. The fourth-order valence-corrected chi connectivity index (χ4v) is 5.45. The van der Waals surface area contributed by atoms with Crippen molar-refractivity contribution in [1.29, 1.82) is 0 Å². The summed E-state index contributed by atoms with van der Waals surface area (Å²) in [6.07, 6.45) is 13.4. The van der Waals surface area contributed by atoms with Crippen LogP contribution in [0.3, 0.4) is 0 Å². The molecule has 2 aromatic heterocycles. The lowest BCUT2D eigenvalue weighted by Crippen LogP contribution is -2.36. The first-order valence-electron chi connectivity index (χ1n) is 9.74. The van der Waals surface area contributed by atoms with Crippen LogP contribution in [0.4, 0.5) is 0 Å². The molecule has 0 amide bonds. The Labute approximate surface area is 172 Å². The van der Waals surface area contributed by atoms with E-state index in [0.717, 1.165) is 12.8 Å². The number of aryl methyl sites for hydroxylation is 1. The Morgan fingerprint density at radius 1 is 1.04 bits per heavy atom. The second-order valence-electron chi connectivity index (χ2n) is 7.07. The van der Waals surface area contributed by atoms with E-state index >= 15 is 0 Å². The van der Waals surface area contributed by atoms with Crippen LogP contribution in [-0.4, -0.2) is 18.3 Å². The van der Waals surface area contributed by atoms with Gasteiger partial charge in [-0.05, 0) is 49.9 Å². The first-order valence-corrected chi connectivity index (χ1v) is 11.4. The lowest BCUT2D eigenvalue weighted by atomic mass is 9.91. The topological polar surface area (TPSA) is 38.4 Å². The first kappa shape index (κ1) is 21.6. The standard InChI is InChI=1S/C21H30N2S2.ClH/c1-2-3-4-5-8-16-11-13-20(24-16)21-14-12-17(25-21)15-23-19-10-7-6-9-18(19)22;/h11-15,18-19H,2-10,22H2,1H3;1H/t18-,19-;/m1./s1. The number of halogens is 1. The fraction of sp³-hybridized carbons (Fsp3) is 0.571. The number of nitrogens with zero attached hydrogens (tertiary/aromatic N) is 1. The van der Waals surface area contributed by atoms with Gasteiger partial charge in [-0.1, -0.05) is 39.0 Å². The molecule has 2 aromatic rings. The third-order valence-electron chi connectivity index (χ3n) is 4.98. The van der Waals surface area contributed by atoms with Gasteiger partial charge in [0.05, 0.1) is 6.04 Å². The number of thiophene rings is 2. The van der Waals surface area contributed by atoms with Crippen LogP contribution in [-0.2, 0) is 6.42 Å². The Balaban J connectivity index is 0.00000243. The van der Waals surface area contributed by atoms with E-state index in [1.165, 1.54) is 64.5 Å². The summed E-state index contributed by atoms with van der Waals surface area (Å²) in [5.74, 6) is 0. The summed E-state index contributed by atoms with van der Waals surface area (Å²) in [6.45, 7) is 2.27. The second-order valence-corrected chi connectivity index (χ2v) is 9.36. The van der Waals surface area contributed by atoms with Gasteiger partial charge in [0.1, 0.15) is 0 Å². The molecule has 0 bridgehead atoms. The van der Waals surface area contributed by atoms with Crippen LogP contribution in [0.1, 0.15) is 68.0 Å². The van der Waals surface area contributed by atoms with Crippen molar-refractivity contribution in [3.05, 3.63) is 34.0 Å². The Morgan fingerprint density at radius 3 is 2.62 bits per heavy atom. The van der Waals surface area contributed by atoms with Gasteiger partial charge in [-0.15, -0.1) is 35.1 Å². The largest absolute Gasteiger partial charge is 0.326 e. The van der Waals surface area contributed by atoms with Gasteiger partial charge >= 0.3 is 0 Å².